The summed E-state index contributed by atoms with van der Waals surface area (Å²) in [5.74, 6) is 0.0245. The third-order valence-corrected chi connectivity index (χ3v) is 3.04. The zero-order chi connectivity index (χ0) is 13.2. The third kappa shape index (κ3) is 5.32. The van der Waals surface area contributed by atoms with Gasteiger partial charge in [0.1, 0.15) is 0 Å². The molecule has 0 saturated heterocycles. The maximum Gasteiger partial charge on any atom is 0.251 e. The Morgan fingerprint density at radius 2 is 1.78 bits per heavy atom. The average molecular weight is 248 g/mol. The molecule has 1 aromatic carbocycles. The highest BCUT2D eigenvalue weighted by atomic mass is 16.1. The van der Waals surface area contributed by atoms with E-state index in [0.29, 0.717) is 0 Å². The second kappa shape index (κ2) is 8.70. The lowest BCUT2D eigenvalue weighted by atomic mass is 10.1. The van der Waals surface area contributed by atoms with Crippen molar-refractivity contribution < 1.29 is 4.79 Å². The van der Waals surface area contributed by atoms with Crippen LogP contribution in [0.15, 0.2) is 24.3 Å². The molecule has 3 heteroatoms. The van der Waals surface area contributed by atoms with Crippen LogP contribution < -0.4 is 11.1 Å². The Morgan fingerprint density at radius 3 is 2.39 bits per heavy atom. The molecule has 0 aliphatic heterocycles. The van der Waals surface area contributed by atoms with Gasteiger partial charge in [-0.05, 0) is 43.5 Å². The average Bonchev–Trinajstić information content (AvgIpc) is 2.42. The van der Waals surface area contributed by atoms with Crippen LogP contribution in [-0.2, 0) is 6.42 Å². The van der Waals surface area contributed by atoms with Gasteiger partial charge in [-0.2, -0.15) is 0 Å². The summed E-state index contributed by atoms with van der Waals surface area (Å²) in [6, 6.07) is 7.80. The molecular formula is C15H24N2O. The number of rotatable bonds is 8. The van der Waals surface area contributed by atoms with Crippen LogP contribution in [0.25, 0.3) is 0 Å². The number of hydrogen-bond acceptors (Lipinski definition) is 2. The molecule has 1 amide bonds. The summed E-state index contributed by atoms with van der Waals surface area (Å²) in [5, 5.41) is 2.94. The summed E-state index contributed by atoms with van der Waals surface area (Å²) in [7, 11) is 0. The van der Waals surface area contributed by atoms with Crippen molar-refractivity contribution in [1.29, 1.82) is 0 Å². The highest BCUT2D eigenvalue weighted by Gasteiger charge is 2.03. The fraction of sp³-hybridized carbons (Fsp3) is 0.533. The van der Waals surface area contributed by atoms with Gasteiger partial charge in [-0.3, -0.25) is 4.79 Å². The predicted molar refractivity (Wildman–Crippen MR) is 75.7 cm³/mol. The number of carbonyl (C=O) groups excluding carboxylic acids is 1. The number of nitrogens with one attached hydrogen (secondary N) is 1. The SMILES string of the molecule is CCc1ccc(C(=O)NCCCCCCN)cc1. The van der Waals surface area contributed by atoms with Crippen molar-refractivity contribution in [3.05, 3.63) is 35.4 Å². The van der Waals surface area contributed by atoms with E-state index < -0.39 is 0 Å². The Morgan fingerprint density at radius 1 is 1.11 bits per heavy atom. The molecule has 0 saturated carbocycles. The van der Waals surface area contributed by atoms with E-state index in [0.717, 1.165) is 50.8 Å². The molecule has 18 heavy (non-hydrogen) atoms. The van der Waals surface area contributed by atoms with Gasteiger partial charge in [0.2, 0.25) is 0 Å². The van der Waals surface area contributed by atoms with Gasteiger partial charge in [0.05, 0.1) is 0 Å². The number of benzene rings is 1. The van der Waals surface area contributed by atoms with Crippen molar-refractivity contribution in [3.63, 3.8) is 0 Å². The Hall–Kier alpha value is -1.35. The number of carbonyl (C=O) groups is 1. The number of amides is 1. The van der Waals surface area contributed by atoms with Gasteiger partial charge >= 0.3 is 0 Å². The van der Waals surface area contributed by atoms with Gasteiger partial charge < -0.3 is 11.1 Å². The Balaban J connectivity index is 2.23. The lowest BCUT2D eigenvalue weighted by Gasteiger charge is -2.05. The topological polar surface area (TPSA) is 55.1 Å². The van der Waals surface area contributed by atoms with Gasteiger partial charge in [-0.25, -0.2) is 0 Å². The standard InChI is InChI=1S/C15H24N2O/c1-2-13-7-9-14(10-8-13)15(18)17-12-6-4-3-5-11-16/h7-10H,2-6,11-12,16H2,1H3,(H,17,18). The van der Waals surface area contributed by atoms with Crippen LogP contribution in [0.3, 0.4) is 0 Å². The van der Waals surface area contributed by atoms with Crippen LogP contribution in [0, 0.1) is 0 Å². The molecule has 0 heterocycles. The molecule has 0 radical (unpaired) electrons. The molecule has 100 valence electrons. The molecule has 0 fully saturated rings. The van der Waals surface area contributed by atoms with Gasteiger partial charge in [-0.1, -0.05) is 31.9 Å². The van der Waals surface area contributed by atoms with E-state index in [2.05, 4.69) is 12.2 Å². The summed E-state index contributed by atoms with van der Waals surface area (Å²) < 4.78 is 0. The first-order valence-electron chi connectivity index (χ1n) is 6.85. The summed E-state index contributed by atoms with van der Waals surface area (Å²) >= 11 is 0. The Bertz CT molecular complexity index is 346. The summed E-state index contributed by atoms with van der Waals surface area (Å²) in [6.07, 6.45) is 5.39. The highest BCUT2D eigenvalue weighted by molar-refractivity contribution is 5.94. The second-order valence-corrected chi connectivity index (χ2v) is 4.51. The highest BCUT2D eigenvalue weighted by Crippen LogP contribution is 2.05. The van der Waals surface area contributed by atoms with Gasteiger partial charge in [0.15, 0.2) is 0 Å². The van der Waals surface area contributed by atoms with Crippen molar-refractivity contribution in [3.8, 4) is 0 Å². The van der Waals surface area contributed by atoms with E-state index in [4.69, 9.17) is 5.73 Å². The van der Waals surface area contributed by atoms with E-state index >= 15 is 0 Å². The van der Waals surface area contributed by atoms with Crippen LogP contribution in [0.4, 0.5) is 0 Å². The van der Waals surface area contributed by atoms with Gasteiger partial charge in [0.25, 0.3) is 5.91 Å². The first-order chi connectivity index (χ1) is 8.77. The predicted octanol–water partition coefficient (Wildman–Crippen LogP) is 2.50. The van der Waals surface area contributed by atoms with E-state index in [-0.39, 0.29) is 5.91 Å². The monoisotopic (exact) mass is 248 g/mol. The molecule has 0 spiro atoms. The second-order valence-electron chi connectivity index (χ2n) is 4.51. The normalized spacial score (nSPS) is 10.3. The molecule has 0 unspecified atom stereocenters. The molecule has 1 rings (SSSR count). The third-order valence-electron chi connectivity index (χ3n) is 3.04. The molecule has 0 aromatic heterocycles. The number of hydrogen-bond donors (Lipinski definition) is 2. The van der Waals surface area contributed by atoms with Gasteiger partial charge in [0, 0.05) is 12.1 Å². The fourth-order valence-corrected chi connectivity index (χ4v) is 1.82. The summed E-state index contributed by atoms with van der Waals surface area (Å²) in [4.78, 5) is 11.8. The molecule has 0 bridgehead atoms. The minimum absolute atomic E-state index is 0.0245. The van der Waals surface area contributed by atoms with E-state index in [1.807, 2.05) is 24.3 Å². The molecule has 0 aliphatic rings. The quantitative estimate of drug-likeness (QED) is 0.694. The molecule has 3 nitrogen and oxygen atoms in total. The lowest BCUT2D eigenvalue weighted by molar-refractivity contribution is 0.0953. The smallest absolute Gasteiger partial charge is 0.251 e. The summed E-state index contributed by atoms with van der Waals surface area (Å²) in [5.41, 5.74) is 7.42. The van der Waals surface area contributed by atoms with Crippen LogP contribution in [-0.4, -0.2) is 19.0 Å². The maximum absolute atomic E-state index is 11.8. The van der Waals surface area contributed by atoms with Crippen LogP contribution in [0.5, 0.6) is 0 Å². The van der Waals surface area contributed by atoms with Crippen molar-refractivity contribution in [1.82, 2.24) is 5.32 Å². The zero-order valence-electron chi connectivity index (χ0n) is 11.2. The van der Waals surface area contributed by atoms with E-state index in [1.165, 1.54) is 5.56 Å². The number of nitrogens with two attached hydrogens (primary N) is 1. The van der Waals surface area contributed by atoms with Crippen molar-refractivity contribution in [2.45, 2.75) is 39.0 Å². The molecule has 3 N–H and O–H groups in total. The van der Waals surface area contributed by atoms with E-state index in [9.17, 15) is 4.79 Å². The van der Waals surface area contributed by atoms with Gasteiger partial charge in [-0.15, -0.1) is 0 Å². The molecule has 1 aromatic rings. The maximum atomic E-state index is 11.8. The minimum atomic E-state index is 0.0245. The number of aryl methyl sites for hydroxylation is 1. The first kappa shape index (κ1) is 14.7. The van der Waals surface area contributed by atoms with Crippen molar-refractivity contribution in [2.24, 2.45) is 5.73 Å². The summed E-state index contributed by atoms with van der Waals surface area (Å²) in [6.45, 7) is 3.62. The number of unbranched alkanes of at least 4 members (excludes halogenated alkanes) is 3. The van der Waals surface area contributed by atoms with Crippen LogP contribution in [0.2, 0.25) is 0 Å². The first-order valence-corrected chi connectivity index (χ1v) is 6.85. The van der Waals surface area contributed by atoms with Crippen LogP contribution in [0.1, 0.15) is 48.5 Å². The molecule has 0 aliphatic carbocycles. The van der Waals surface area contributed by atoms with E-state index in [1.54, 1.807) is 0 Å². The largest absolute Gasteiger partial charge is 0.352 e. The fourth-order valence-electron chi connectivity index (χ4n) is 1.82. The van der Waals surface area contributed by atoms with Crippen molar-refractivity contribution in [2.75, 3.05) is 13.1 Å². The lowest BCUT2D eigenvalue weighted by Crippen LogP contribution is -2.24. The van der Waals surface area contributed by atoms with Crippen LogP contribution >= 0.6 is 0 Å². The Kier molecular flexibility index (Phi) is 7.11. The molecule has 0 atom stereocenters. The minimum Gasteiger partial charge on any atom is -0.352 e. The zero-order valence-corrected chi connectivity index (χ0v) is 11.2. The molecular weight excluding hydrogens is 224 g/mol. The Labute approximate surface area is 110 Å². The van der Waals surface area contributed by atoms with Crippen molar-refractivity contribution >= 4 is 5.91 Å².